The van der Waals surface area contributed by atoms with Crippen molar-refractivity contribution in [3.63, 3.8) is 0 Å². The average Bonchev–Trinajstić information content (AvgIpc) is 2.13. The zero-order valence-corrected chi connectivity index (χ0v) is 9.21. The van der Waals surface area contributed by atoms with Gasteiger partial charge < -0.3 is 10.2 Å². The quantitative estimate of drug-likeness (QED) is 0.601. The molecule has 0 aliphatic carbocycles. The second-order valence-electron chi connectivity index (χ2n) is 4.29. The monoisotopic (exact) mass is 188 g/mol. The van der Waals surface area contributed by atoms with E-state index in [2.05, 4.69) is 20.8 Å². The Morgan fingerprint density at radius 2 is 1.62 bits per heavy atom. The van der Waals surface area contributed by atoms with Gasteiger partial charge in [-0.05, 0) is 12.3 Å². The SMILES string of the molecule is CCCCCC(CO)(CO)C(C)C. The summed E-state index contributed by atoms with van der Waals surface area (Å²) in [5, 5.41) is 18.6. The van der Waals surface area contributed by atoms with E-state index in [1.807, 2.05) is 0 Å². The highest BCUT2D eigenvalue weighted by Gasteiger charge is 2.31. The first-order valence-electron chi connectivity index (χ1n) is 5.34. The van der Waals surface area contributed by atoms with Crippen molar-refractivity contribution in [2.45, 2.75) is 46.5 Å². The van der Waals surface area contributed by atoms with Crippen molar-refractivity contribution >= 4 is 0 Å². The maximum atomic E-state index is 9.29. The fraction of sp³-hybridized carbons (Fsp3) is 1.00. The van der Waals surface area contributed by atoms with E-state index in [0.29, 0.717) is 5.92 Å². The van der Waals surface area contributed by atoms with E-state index in [-0.39, 0.29) is 18.6 Å². The molecule has 0 amide bonds. The third kappa shape index (κ3) is 3.65. The van der Waals surface area contributed by atoms with Gasteiger partial charge in [-0.3, -0.25) is 0 Å². The van der Waals surface area contributed by atoms with Crippen LogP contribution >= 0.6 is 0 Å². The van der Waals surface area contributed by atoms with E-state index in [0.717, 1.165) is 12.8 Å². The van der Waals surface area contributed by atoms with Crippen LogP contribution in [-0.4, -0.2) is 23.4 Å². The van der Waals surface area contributed by atoms with Crippen LogP contribution in [0.2, 0.25) is 0 Å². The van der Waals surface area contributed by atoms with Gasteiger partial charge in [0.1, 0.15) is 0 Å². The first-order valence-corrected chi connectivity index (χ1v) is 5.34. The molecule has 0 aliphatic rings. The number of aliphatic hydroxyl groups is 2. The molecule has 0 bridgehead atoms. The first-order chi connectivity index (χ1) is 6.13. The van der Waals surface area contributed by atoms with Gasteiger partial charge in [-0.1, -0.05) is 40.0 Å². The molecule has 2 nitrogen and oxygen atoms in total. The average molecular weight is 188 g/mol. The molecule has 0 unspecified atom stereocenters. The summed E-state index contributed by atoms with van der Waals surface area (Å²) in [6, 6.07) is 0. The minimum atomic E-state index is -0.255. The summed E-state index contributed by atoms with van der Waals surface area (Å²) in [6.07, 6.45) is 4.42. The number of rotatable bonds is 7. The Labute approximate surface area is 82.0 Å². The lowest BCUT2D eigenvalue weighted by Crippen LogP contribution is -2.35. The molecule has 0 heterocycles. The molecule has 0 spiro atoms. The molecule has 0 saturated heterocycles. The van der Waals surface area contributed by atoms with Gasteiger partial charge in [0.25, 0.3) is 0 Å². The standard InChI is InChI=1S/C11H24O2/c1-4-5-6-7-11(8-12,9-13)10(2)3/h10,12-13H,4-9H2,1-3H3. The number of hydrogen-bond donors (Lipinski definition) is 2. The molecular weight excluding hydrogens is 164 g/mol. The summed E-state index contributed by atoms with van der Waals surface area (Å²) in [7, 11) is 0. The van der Waals surface area contributed by atoms with Gasteiger partial charge in [0.05, 0.1) is 13.2 Å². The van der Waals surface area contributed by atoms with E-state index < -0.39 is 0 Å². The molecule has 0 aromatic rings. The Morgan fingerprint density at radius 1 is 1.08 bits per heavy atom. The highest BCUT2D eigenvalue weighted by molar-refractivity contribution is 4.80. The Kier molecular flexibility index (Phi) is 6.35. The van der Waals surface area contributed by atoms with Crippen molar-refractivity contribution in [2.24, 2.45) is 11.3 Å². The minimum Gasteiger partial charge on any atom is -0.396 e. The van der Waals surface area contributed by atoms with Crippen LogP contribution in [0.5, 0.6) is 0 Å². The topological polar surface area (TPSA) is 40.5 Å². The van der Waals surface area contributed by atoms with Gasteiger partial charge >= 0.3 is 0 Å². The fourth-order valence-corrected chi connectivity index (χ4v) is 1.59. The van der Waals surface area contributed by atoms with Crippen LogP contribution < -0.4 is 0 Å². The van der Waals surface area contributed by atoms with Gasteiger partial charge in [-0.2, -0.15) is 0 Å². The predicted molar refractivity (Wildman–Crippen MR) is 55.6 cm³/mol. The van der Waals surface area contributed by atoms with Crippen molar-refractivity contribution in [3.8, 4) is 0 Å². The third-order valence-electron chi connectivity index (χ3n) is 3.13. The molecule has 2 heteroatoms. The normalized spacial score (nSPS) is 12.5. The van der Waals surface area contributed by atoms with Crippen LogP contribution in [0, 0.1) is 11.3 Å². The van der Waals surface area contributed by atoms with Crippen LogP contribution in [0.3, 0.4) is 0 Å². The van der Waals surface area contributed by atoms with Crippen molar-refractivity contribution in [1.29, 1.82) is 0 Å². The van der Waals surface area contributed by atoms with Crippen LogP contribution in [0.15, 0.2) is 0 Å². The van der Waals surface area contributed by atoms with Gasteiger partial charge in [0, 0.05) is 5.41 Å². The van der Waals surface area contributed by atoms with Crippen LogP contribution in [0.25, 0.3) is 0 Å². The molecule has 0 radical (unpaired) electrons. The summed E-state index contributed by atoms with van der Waals surface area (Å²) in [6.45, 7) is 6.50. The van der Waals surface area contributed by atoms with Crippen molar-refractivity contribution < 1.29 is 10.2 Å². The summed E-state index contributed by atoms with van der Waals surface area (Å²) in [5.74, 6) is 0.347. The molecule has 0 aromatic carbocycles. The van der Waals surface area contributed by atoms with Crippen molar-refractivity contribution in [3.05, 3.63) is 0 Å². The Hall–Kier alpha value is -0.0800. The molecule has 80 valence electrons. The Balaban J connectivity index is 4.06. The lowest BCUT2D eigenvalue weighted by molar-refractivity contribution is 0.00696. The second kappa shape index (κ2) is 6.39. The van der Waals surface area contributed by atoms with E-state index >= 15 is 0 Å². The number of hydrogen-bond acceptors (Lipinski definition) is 2. The van der Waals surface area contributed by atoms with E-state index in [4.69, 9.17) is 0 Å². The molecule has 0 atom stereocenters. The maximum Gasteiger partial charge on any atom is 0.0511 e. The van der Waals surface area contributed by atoms with Gasteiger partial charge in [-0.25, -0.2) is 0 Å². The van der Waals surface area contributed by atoms with Gasteiger partial charge in [0.15, 0.2) is 0 Å². The van der Waals surface area contributed by atoms with E-state index in [9.17, 15) is 10.2 Å². The first kappa shape index (κ1) is 12.9. The largest absolute Gasteiger partial charge is 0.396 e. The molecule has 2 N–H and O–H groups in total. The Morgan fingerprint density at radius 3 is 1.92 bits per heavy atom. The van der Waals surface area contributed by atoms with E-state index in [1.54, 1.807) is 0 Å². The molecule has 13 heavy (non-hydrogen) atoms. The minimum absolute atomic E-state index is 0.102. The number of aliphatic hydroxyl groups excluding tert-OH is 2. The summed E-state index contributed by atoms with van der Waals surface area (Å²) in [4.78, 5) is 0. The summed E-state index contributed by atoms with van der Waals surface area (Å²) >= 11 is 0. The fourth-order valence-electron chi connectivity index (χ4n) is 1.59. The molecule has 0 fully saturated rings. The van der Waals surface area contributed by atoms with Crippen LogP contribution in [0.1, 0.15) is 46.5 Å². The van der Waals surface area contributed by atoms with Crippen molar-refractivity contribution in [1.82, 2.24) is 0 Å². The maximum absolute atomic E-state index is 9.29. The highest BCUT2D eigenvalue weighted by Crippen LogP contribution is 2.32. The lowest BCUT2D eigenvalue weighted by Gasteiger charge is -2.34. The third-order valence-corrected chi connectivity index (χ3v) is 3.13. The van der Waals surface area contributed by atoms with E-state index in [1.165, 1.54) is 12.8 Å². The highest BCUT2D eigenvalue weighted by atomic mass is 16.3. The zero-order chi connectivity index (χ0) is 10.3. The smallest absolute Gasteiger partial charge is 0.0511 e. The van der Waals surface area contributed by atoms with Gasteiger partial charge in [0.2, 0.25) is 0 Å². The lowest BCUT2D eigenvalue weighted by atomic mass is 9.74. The molecule has 0 rings (SSSR count). The molecular formula is C11H24O2. The predicted octanol–water partition coefficient (Wildman–Crippen LogP) is 2.19. The zero-order valence-electron chi connectivity index (χ0n) is 9.21. The molecule has 0 aromatic heterocycles. The summed E-state index contributed by atoms with van der Waals surface area (Å²) < 4.78 is 0. The molecule has 0 saturated carbocycles. The number of unbranched alkanes of at least 4 members (excludes halogenated alkanes) is 2. The second-order valence-corrected chi connectivity index (χ2v) is 4.29. The van der Waals surface area contributed by atoms with Crippen LogP contribution in [0.4, 0.5) is 0 Å². The molecule has 0 aliphatic heterocycles. The van der Waals surface area contributed by atoms with Gasteiger partial charge in [-0.15, -0.1) is 0 Å². The summed E-state index contributed by atoms with van der Waals surface area (Å²) in [5.41, 5.74) is -0.255. The Bertz CT molecular complexity index is 117. The van der Waals surface area contributed by atoms with Crippen molar-refractivity contribution in [2.75, 3.05) is 13.2 Å². The van der Waals surface area contributed by atoms with Crippen LogP contribution in [-0.2, 0) is 0 Å².